The van der Waals surface area contributed by atoms with Crippen LogP contribution in [0.5, 0.6) is 0 Å². The van der Waals surface area contributed by atoms with E-state index in [9.17, 15) is 4.79 Å². The number of aromatic nitrogens is 1. The van der Waals surface area contributed by atoms with Crippen molar-refractivity contribution in [3.63, 3.8) is 0 Å². The fourth-order valence-electron chi connectivity index (χ4n) is 1.54. The molecule has 0 spiro atoms. The molecule has 0 saturated carbocycles. The second kappa shape index (κ2) is 5.59. The van der Waals surface area contributed by atoms with E-state index in [1.54, 1.807) is 17.7 Å². The van der Waals surface area contributed by atoms with E-state index < -0.39 is 0 Å². The Morgan fingerprint density at radius 2 is 2.00 bits per heavy atom. The van der Waals surface area contributed by atoms with Gasteiger partial charge in [-0.25, -0.2) is 0 Å². The zero-order valence-corrected chi connectivity index (χ0v) is 9.79. The predicted octanol–water partition coefficient (Wildman–Crippen LogP) is 2.23. The van der Waals surface area contributed by atoms with E-state index in [0.717, 1.165) is 12.2 Å². The van der Waals surface area contributed by atoms with Gasteiger partial charge in [0.05, 0.1) is 5.69 Å². The zero-order chi connectivity index (χ0) is 11.3. The van der Waals surface area contributed by atoms with Crippen molar-refractivity contribution in [2.24, 2.45) is 13.0 Å². The number of rotatable bonds is 5. The number of hydrogen-bond donors (Lipinski definition) is 1. The predicted molar refractivity (Wildman–Crippen MR) is 64.2 cm³/mol. The fraction of sp³-hybridized carbons (Fsp3) is 0.583. The molecule has 3 heteroatoms. The van der Waals surface area contributed by atoms with Crippen molar-refractivity contribution in [1.29, 1.82) is 0 Å². The van der Waals surface area contributed by atoms with E-state index in [4.69, 9.17) is 0 Å². The molecular weight excluding hydrogens is 188 g/mol. The topological polar surface area (TPSA) is 34.0 Å². The highest BCUT2D eigenvalue weighted by molar-refractivity contribution is 5.40. The van der Waals surface area contributed by atoms with Crippen LogP contribution < -0.4 is 10.9 Å². The molecule has 0 fully saturated rings. The van der Waals surface area contributed by atoms with Crippen LogP contribution in [0.25, 0.3) is 0 Å². The number of nitrogens with zero attached hydrogens (tertiary/aromatic N) is 1. The maximum absolute atomic E-state index is 11.2. The molecule has 0 aliphatic rings. The van der Waals surface area contributed by atoms with Gasteiger partial charge in [0.15, 0.2) is 0 Å². The van der Waals surface area contributed by atoms with Crippen LogP contribution in [0.2, 0.25) is 0 Å². The van der Waals surface area contributed by atoms with Crippen LogP contribution in [0, 0.1) is 5.92 Å². The summed E-state index contributed by atoms with van der Waals surface area (Å²) >= 11 is 0. The molecule has 1 rings (SSSR count). The minimum atomic E-state index is 0.0306. The van der Waals surface area contributed by atoms with Crippen molar-refractivity contribution in [1.82, 2.24) is 4.57 Å². The molecule has 0 aliphatic carbocycles. The molecule has 1 aromatic rings. The molecule has 0 aliphatic heterocycles. The van der Waals surface area contributed by atoms with Crippen LogP contribution in [-0.4, -0.2) is 11.1 Å². The van der Waals surface area contributed by atoms with E-state index in [1.807, 2.05) is 12.3 Å². The van der Waals surface area contributed by atoms with E-state index in [-0.39, 0.29) is 5.56 Å². The summed E-state index contributed by atoms with van der Waals surface area (Å²) in [5, 5.41) is 3.35. The molecular formula is C12H20N2O. The summed E-state index contributed by atoms with van der Waals surface area (Å²) in [6.07, 6.45) is 4.22. The molecule has 1 heterocycles. The molecule has 0 atom stereocenters. The van der Waals surface area contributed by atoms with Crippen molar-refractivity contribution in [2.75, 3.05) is 11.9 Å². The first-order valence-corrected chi connectivity index (χ1v) is 5.58. The molecule has 1 N–H and O–H groups in total. The van der Waals surface area contributed by atoms with Crippen molar-refractivity contribution in [3.8, 4) is 0 Å². The van der Waals surface area contributed by atoms with Crippen LogP contribution >= 0.6 is 0 Å². The maximum Gasteiger partial charge on any atom is 0.250 e. The average molecular weight is 208 g/mol. The van der Waals surface area contributed by atoms with Gasteiger partial charge < -0.3 is 9.88 Å². The Bertz CT molecular complexity index is 353. The second-order valence-electron chi connectivity index (χ2n) is 3.93. The summed E-state index contributed by atoms with van der Waals surface area (Å²) < 4.78 is 1.59. The third kappa shape index (κ3) is 3.42. The lowest BCUT2D eigenvalue weighted by atomic mass is 10.0. The van der Waals surface area contributed by atoms with Gasteiger partial charge in [0.25, 0.3) is 0 Å². The van der Waals surface area contributed by atoms with Gasteiger partial charge in [-0.05, 0) is 12.0 Å². The van der Waals surface area contributed by atoms with E-state index in [2.05, 4.69) is 19.2 Å². The lowest BCUT2D eigenvalue weighted by Gasteiger charge is -2.14. The van der Waals surface area contributed by atoms with Crippen molar-refractivity contribution in [3.05, 3.63) is 28.7 Å². The summed E-state index contributed by atoms with van der Waals surface area (Å²) in [7, 11) is 1.77. The number of nitrogens with one attached hydrogen (secondary N) is 1. The average Bonchev–Trinajstić information content (AvgIpc) is 2.24. The van der Waals surface area contributed by atoms with Gasteiger partial charge in [-0.15, -0.1) is 0 Å². The SMILES string of the molecule is CCC(CC)CNc1ccc(=O)n(C)c1. The maximum atomic E-state index is 11.2. The van der Waals surface area contributed by atoms with Crippen LogP contribution in [0.1, 0.15) is 26.7 Å². The molecule has 84 valence electrons. The van der Waals surface area contributed by atoms with Gasteiger partial charge in [0.2, 0.25) is 5.56 Å². The number of pyridine rings is 1. The molecule has 0 amide bonds. The third-order valence-electron chi connectivity index (χ3n) is 2.84. The molecule has 0 bridgehead atoms. The lowest BCUT2D eigenvalue weighted by Crippen LogP contribution is -2.17. The van der Waals surface area contributed by atoms with Gasteiger partial charge in [0.1, 0.15) is 0 Å². The van der Waals surface area contributed by atoms with Gasteiger partial charge in [-0.1, -0.05) is 26.7 Å². The summed E-state index contributed by atoms with van der Waals surface area (Å²) in [5.74, 6) is 0.710. The lowest BCUT2D eigenvalue weighted by molar-refractivity contribution is 0.519. The highest BCUT2D eigenvalue weighted by atomic mass is 16.1. The van der Waals surface area contributed by atoms with Crippen molar-refractivity contribution >= 4 is 5.69 Å². The molecule has 3 nitrogen and oxygen atoms in total. The molecule has 0 radical (unpaired) electrons. The first-order valence-electron chi connectivity index (χ1n) is 5.58. The molecule has 0 saturated heterocycles. The minimum Gasteiger partial charge on any atom is -0.384 e. The molecule has 15 heavy (non-hydrogen) atoms. The first kappa shape index (κ1) is 11.8. The minimum absolute atomic E-state index is 0.0306. The monoisotopic (exact) mass is 208 g/mol. The van der Waals surface area contributed by atoms with E-state index >= 15 is 0 Å². The molecule has 0 aromatic carbocycles. The van der Waals surface area contributed by atoms with Gasteiger partial charge in [-0.2, -0.15) is 0 Å². The number of hydrogen-bond acceptors (Lipinski definition) is 2. The van der Waals surface area contributed by atoms with E-state index in [1.165, 1.54) is 12.8 Å². The highest BCUT2D eigenvalue weighted by Crippen LogP contribution is 2.09. The Labute approximate surface area is 91.1 Å². The quantitative estimate of drug-likeness (QED) is 0.805. The number of anilines is 1. The molecule has 0 unspecified atom stereocenters. The van der Waals surface area contributed by atoms with Gasteiger partial charge in [-0.3, -0.25) is 4.79 Å². The smallest absolute Gasteiger partial charge is 0.250 e. The standard InChI is InChI=1S/C12H20N2O/c1-4-10(5-2)8-13-11-6-7-12(15)14(3)9-11/h6-7,9-10,13H,4-5,8H2,1-3H3. The highest BCUT2D eigenvalue weighted by Gasteiger charge is 2.02. The summed E-state index contributed by atoms with van der Waals surface area (Å²) in [6, 6.07) is 3.43. The summed E-state index contributed by atoms with van der Waals surface area (Å²) in [4.78, 5) is 11.2. The Hall–Kier alpha value is -1.25. The molecule has 1 aromatic heterocycles. The Morgan fingerprint density at radius 3 is 2.53 bits per heavy atom. The van der Waals surface area contributed by atoms with E-state index in [0.29, 0.717) is 5.92 Å². The van der Waals surface area contributed by atoms with Crippen molar-refractivity contribution < 1.29 is 0 Å². The van der Waals surface area contributed by atoms with Crippen molar-refractivity contribution in [2.45, 2.75) is 26.7 Å². The van der Waals surface area contributed by atoms with Crippen LogP contribution in [0.15, 0.2) is 23.1 Å². The Kier molecular flexibility index (Phi) is 4.40. The number of aryl methyl sites for hydroxylation is 1. The van der Waals surface area contributed by atoms with Gasteiger partial charge in [0, 0.05) is 25.9 Å². The normalized spacial score (nSPS) is 10.7. The van der Waals surface area contributed by atoms with Crippen LogP contribution in [-0.2, 0) is 7.05 Å². The summed E-state index contributed by atoms with van der Waals surface area (Å²) in [5.41, 5.74) is 1.05. The van der Waals surface area contributed by atoms with Crippen LogP contribution in [0.4, 0.5) is 5.69 Å². The Morgan fingerprint density at radius 1 is 1.33 bits per heavy atom. The fourth-order valence-corrected chi connectivity index (χ4v) is 1.54. The largest absolute Gasteiger partial charge is 0.384 e. The first-order chi connectivity index (χ1) is 7.17. The second-order valence-corrected chi connectivity index (χ2v) is 3.93. The van der Waals surface area contributed by atoms with Gasteiger partial charge >= 0.3 is 0 Å². The third-order valence-corrected chi connectivity index (χ3v) is 2.84. The summed E-state index contributed by atoms with van der Waals surface area (Å²) in [6.45, 7) is 5.39. The zero-order valence-electron chi connectivity index (χ0n) is 9.79. The Balaban J connectivity index is 2.58. The van der Waals surface area contributed by atoms with Crippen LogP contribution in [0.3, 0.4) is 0 Å².